The zero-order valence-corrected chi connectivity index (χ0v) is 15.5. The van der Waals surface area contributed by atoms with Gasteiger partial charge in [0.2, 0.25) is 5.91 Å². The molecule has 2 N–H and O–H groups in total. The SMILES string of the molecule is Cc1cc(C)cc(NCCC(=O)Nc2ccccc2N2CCOCC2)c1. The van der Waals surface area contributed by atoms with Crippen molar-refractivity contribution in [2.75, 3.05) is 48.4 Å². The van der Waals surface area contributed by atoms with Crippen molar-refractivity contribution in [2.45, 2.75) is 20.3 Å². The van der Waals surface area contributed by atoms with Crippen LogP contribution in [-0.4, -0.2) is 38.8 Å². The van der Waals surface area contributed by atoms with Gasteiger partial charge in [-0.3, -0.25) is 4.79 Å². The molecule has 5 nitrogen and oxygen atoms in total. The molecular weight excluding hydrogens is 326 g/mol. The van der Waals surface area contributed by atoms with Crippen LogP contribution in [0.15, 0.2) is 42.5 Å². The number of carbonyl (C=O) groups is 1. The quantitative estimate of drug-likeness (QED) is 0.833. The summed E-state index contributed by atoms with van der Waals surface area (Å²) in [6.45, 7) is 7.90. The van der Waals surface area contributed by atoms with Crippen molar-refractivity contribution in [3.8, 4) is 0 Å². The lowest BCUT2D eigenvalue weighted by atomic mass is 10.1. The van der Waals surface area contributed by atoms with Crippen LogP contribution >= 0.6 is 0 Å². The summed E-state index contributed by atoms with van der Waals surface area (Å²) in [6.07, 6.45) is 0.421. The summed E-state index contributed by atoms with van der Waals surface area (Å²) in [5.74, 6) is 0.0163. The third-order valence-electron chi connectivity index (χ3n) is 4.43. The van der Waals surface area contributed by atoms with Gasteiger partial charge in [0.15, 0.2) is 0 Å². The van der Waals surface area contributed by atoms with Crippen molar-refractivity contribution < 1.29 is 9.53 Å². The van der Waals surface area contributed by atoms with E-state index in [2.05, 4.69) is 53.6 Å². The molecule has 3 rings (SSSR count). The number of ether oxygens (including phenoxy) is 1. The zero-order chi connectivity index (χ0) is 18.4. The van der Waals surface area contributed by atoms with Crippen LogP contribution in [0.2, 0.25) is 0 Å². The van der Waals surface area contributed by atoms with Gasteiger partial charge in [0, 0.05) is 31.7 Å². The number of nitrogens with one attached hydrogen (secondary N) is 2. The summed E-state index contributed by atoms with van der Waals surface area (Å²) in [5.41, 5.74) is 5.43. The highest BCUT2D eigenvalue weighted by atomic mass is 16.5. The van der Waals surface area contributed by atoms with Gasteiger partial charge in [-0.1, -0.05) is 18.2 Å². The first-order valence-corrected chi connectivity index (χ1v) is 9.15. The predicted molar refractivity (Wildman–Crippen MR) is 107 cm³/mol. The molecule has 5 heteroatoms. The number of morpholine rings is 1. The summed E-state index contributed by atoms with van der Waals surface area (Å²) in [5, 5.41) is 6.39. The average molecular weight is 353 g/mol. The molecule has 0 bridgehead atoms. The molecule has 1 fully saturated rings. The molecule has 138 valence electrons. The second-order valence-corrected chi connectivity index (χ2v) is 6.72. The number of anilines is 3. The number of hydrogen-bond donors (Lipinski definition) is 2. The molecule has 1 amide bonds. The third-order valence-corrected chi connectivity index (χ3v) is 4.43. The van der Waals surface area contributed by atoms with E-state index in [-0.39, 0.29) is 5.91 Å². The van der Waals surface area contributed by atoms with Crippen LogP contribution < -0.4 is 15.5 Å². The molecule has 0 radical (unpaired) electrons. The van der Waals surface area contributed by atoms with Gasteiger partial charge in [-0.25, -0.2) is 0 Å². The molecule has 2 aromatic rings. The number of hydrogen-bond acceptors (Lipinski definition) is 4. The van der Waals surface area contributed by atoms with Gasteiger partial charge < -0.3 is 20.3 Å². The fourth-order valence-electron chi connectivity index (χ4n) is 3.27. The van der Waals surface area contributed by atoms with E-state index in [0.29, 0.717) is 13.0 Å². The Morgan fingerprint density at radius 3 is 2.50 bits per heavy atom. The van der Waals surface area contributed by atoms with Gasteiger partial charge in [-0.05, 0) is 49.2 Å². The van der Waals surface area contributed by atoms with Crippen molar-refractivity contribution in [3.63, 3.8) is 0 Å². The lowest BCUT2D eigenvalue weighted by molar-refractivity contribution is -0.115. The molecule has 2 aromatic carbocycles. The van der Waals surface area contributed by atoms with E-state index in [1.807, 2.05) is 18.2 Å². The molecule has 0 aliphatic carbocycles. The Hall–Kier alpha value is -2.53. The topological polar surface area (TPSA) is 53.6 Å². The highest BCUT2D eigenvalue weighted by molar-refractivity contribution is 5.94. The van der Waals surface area contributed by atoms with Crippen molar-refractivity contribution in [2.24, 2.45) is 0 Å². The standard InChI is InChI=1S/C21H27N3O2/c1-16-13-17(2)15-18(14-16)22-8-7-21(25)23-19-5-3-4-6-20(19)24-9-11-26-12-10-24/h3-6,13-15,22H,7-12H2,1-2H3,(H,23,25). The van der Waals surface area contributed by atoms with Gasteiger partial charge in [0.25, 0.3) is 0 Å². The van der Waals surface area contributed by atoms with Crippen molar-refractivity contribution >= 4 is 23.0 Å². The second kappa shape index (κ2) is 8.72. The Morgan fingerprint density at radius 1 is 1.08 bits per heavy atom. The van der Waals surface area contributed by atoms with E-state index in [1.165, 1.54) is 11.1 Å². The van der Waals surface area contributed by atoms with Gasteiger partial charge >= 0.3 is 0 Å². The summed E-state index contributed by atoms with van der Waals surface area (Å²) < 4.78 is 5.42. The Bertz CT molecular complexity index is 734. The highest BCUT2D eigenvalue weighted by Crippen LogP contribution is 2.26. The fraction of sp³-hybridized carbons (Fsp3) is 0.381. The molecule has 0 atom stereocenters. The zero-order valence-electron chi connectivity index (χ0n) is 15.5. The molecular formula is C21H27N3O2. The maximum atomic E-state index is 12.4. The lowest BCUT2D eigenvalue weighted by Gasteiger charge is -2.30. The number of rotatable bonds is 6. The second-order valence-electron chi connectivity index (χ2n) is 6.72. The first kappa shape index (κ1) is 18.3. The van der Waals surface area contributed by atoms with Crippen LogP contribution in [-0.2, 0) is 9.53 Å². The van der Waals surface area contributed by atoms with Crippen LogP contribution in [0.3, 0.4) is 0 Å². The molecule has 0 spiro atoms. The lowest BCUT2D eigenvalue weighted by Crippen LogP contribution is -2.36. The molecule has 1 aliphatic rings. The van der Waals surface area contributed by atoms with Gasteiger partial charge in [0.05, 0.1) is 24.6 Å². The first-order chi connectivity index (χ1) is 12.6. The molecule has 1 heterocycles. The van der Waals surface area contributed by atoms with E-state index >= 15 is 0 Å². The van der Waals surface area contributed by atoms with Gasteiger partial charge in [-0.2, -0.15) is 0 Å². The van der Waals surface area contributed by atoms with Crippen LogP contribution in [0.5, 0.6) is 0 Å². The van der Waals surface area contributed by atoms with Gasteiger partial charge in [-0.15, -0.1) is 0 Å². The van der Waals surface area contributed by atoms with E-state index in [0.717, 1.165) is 43.4 Å². The highest BCUT2D eigenvalue weighted by Gasteiger charge is 2.15. The fourth-order valence-corrected chi connectivity index (χ4v) is 3.27. The summed E-state index contributed by atoms with van der Waals surface area (Å²) in [6, 6.07) is 14.3. The minimum atomic E-state index is 0.0163. The van der Waals surface area contributed by atoms with E-state index in [4.69, 9.17) is 4.74 Å². The number of benzene rings is 2. The molecule has 1 aliphatic heterocycles. The van der Waals surface area contributed by atoms with Crippen molar-refractivity contribution in [1.82, 2.24) is 0 Å². The first-order valence-electron chi connectivity index (χ1n) is 9.15. The number of carbonyl (C=O) groups excluding carboxylic acids is 1. The average Bonchev–Trinajstić information content (AvgIpc) is 2.62. The number of amides is 1. The van der Waals surface area contributed by atoms with Crippen LogP contribution in [0.25, 0.3) is 0 Å². The number of para-hydroxylation sites is 2. The summed E-state index contributed by atoms with van der Waals surface area (Å²) in [7, 11) is 0. The van der Waals surface area contributed by atoms with Crippen LogP contribution in [0, 0.1) is 13.8 Å². The summed E-state index contributed by atoms with van der Waals surface area (Å²) in [4.78, 5) is 14.6. The maximum Gasteiger partial charge on any atom is 0.226 e. The van der Waals surface area contributed by atoms with Crippen LogP contribution in [0.1, 0.15) is 17.5 Å². The monoisotopic (exact) mass is 353 g/mol. The normalized spacial score (nSPS) is 14.2. The Morgan fingerprint density at radius 2 is 1.77 bits per heavy atom. The smallest absolute Gasteiger partial charge is 0.226 e. The molecule has 0 unspecified atom stereocenters. The van der Waals surface area contributed by atoms with Crippen molar-refractivity contribution in [3.05, 3.63) is 53.6 Å². The molecule has 0 aromatic heterocycles. The Labute approximate surface area is 155 Å². The molecule has 26 heavy (non-hydrogen) atoms. The molecule has 0 saturated carbocycles. The summed E-state index contributed by atoms with van der Waals surface area (Å²) >= 11 is 0. The van der Waals surface area contributed by atoms with Gasteiger partial charge in [0.1, 0.15) is 0 Å². The molecule has 1 saturated heterocycles. The maximum absolute atomic E-state index is 12.4. The minimum absolute atomic E-state index is 0.0163. The predicted octanol–water partition coefficient (Wildman–Crippen LogP) is 3.58. The largest absolute Gasteiger partial charge is 0.385 e. The minimum Gasteiger partial charge on any atom is -0.385 e. The number of aryl methyl sites for hydroxylation is 2. The van der Waals surface area contributed by atoms with E-state index in [9.17, 15) is 4.79 Å². The number of nitrogens with zero attached hydrogens (tertiary/aromatic N) is 1. The van der Waals surface area contributed by atoms with E-state index in [1.54, 1.807) is 0 Å². The Kier molecular flexibility index (Phi) is 6.12. The third kappa shape index (κ3) is 4.99. The van der Waals surface area contributed by atoms with Crippen molar-refractivity contribution in [1.29, 1.82) is 0 Å². The van der Waals surface area contributed by atoms with E-state index < -0.39 is 0 Å². The Balaban J connectivity index is 1.55. The van der Waals surface area contributed by atoms with Crippen LogP contribution in [0.4, 0.5) is 17.1 Å².